The van der Waals surface area contributed by atoms with Crippen LogP contribution in [-0.4, -0.2) is 16.3 Å². The molecular weight excluding hydrogens is 214 g/mol. The van der Waals surface area contributed by atoms with Crippen LogP contribution in [0, 0.1) is 19.8 Å². The zero-order valence-corrected chi connectivity index (χ0v) is 11.1. The smallest absolute Gasteiger partial charge is 0.182 e. The number of rotatable bonds is 6. The van der Waals surface area contributed by atoms with Crippen LogP contribution in [-0.2, 0) is 6.54 Å². The van der Waals surface area contributed by atoms with Gasteiger partial charge in [-0.2, -0.15) is 0 Å². The molecule has 1 aromatic rings. The van der Waals surface area contributed by atoms with E-state index >= 15 is 0 Å². The average Bonchev–Trinajstić information content (AvgIpc) is 2.23. The highest BCUT2D eigenvalue weighted by Crippen LogP contribution is 2.15. The maximum atomic E-state index is 11.3. The van der Waals surface area contributed by atoms with E-state index in [1.807, 2.05) is 13.8 Å². The molecule has 0 spiro atoms. The third-order valence-electron chi connectivity index (χ3n) is 3.23. The SMILES string of the molecule is CCCC(CCO)Cn1c(C)cc(=O)cc1C. The first-order valence-corrected chi connectivity index (χ1v) is 6.37. The molecule has 1 rings (SSSR count). The second kappa shape index (κ2) is 6.60. The van der Waals surface area contributed by atoms with Crippen LogP contribution < -0.4 is 5.43 Å². The van der Waals surface area contributed by atoms with Crippen molar-refractivity contribution in [1.29, 1.82) is 0 Å². The lowest BCUT2D eigenvalue weighted by Crippen LogP contribution is -2.19. The third kappa shape index (κ3) is 4.00. The van der Waals surface area contributed by atoms with E-state index in [2.05, 4.69) is 11.5 Å². The van der Waals surface area contributed by atoms with Crippen molar-refractivity contribution in [1.82, 2.24) is 4.57 Å². The van der Waals surface area contributed by atoms with Gasteiger partial charge in [0.25, 0.3) is 0 Å². The maximum absolute atomic E-state index is 11.3. The summed E-state index contributed by atoms with van der Waals surface area (Å²) in [4.78, 5) is 11.3. The quantitative estimate of drug-likeness (QED) is 0.824. The van der Waals surface area contributed by atoms with Gasteiger partial charge in [-0.05, 0) is 32.6 Å². The highest BCUT2D eigenvalue weighted by molar-refractivity contribution is 5.12. The number of nitrogens with zero attached hydrogens (tertiary/aromatic N) is 1. The first-order chi connectivity index (χ1) is 8.08. The normalized spacial score (nSPS) is 12.7. The molecule has 1 unspecified atom stereocenters. The summed E-state index contributed by atoms with van der Waals surface area (Å²) in [5.74, 6) is 0.491. The summed E-state index contributed by atoms with van der Waals surface area (Å²) in [5, 5.41) is 9.06. The van der Waals surface area contributed by atoms with Gasteiger partial charge in [0.15, 0.2) is 5.43 Å². The van der Waals surface area contributed by atoms with Crippen LogP contribution in [0.25, 0.3) is 0 Å². The van der Waals surface area contributed by atoms with Gasteiger partial charge in [0.2, 0.25) is 0 Å². The molecule has 3 heteroatoms. The summed E-state index contributed by atoms with van der Waals surface area (Å²) in [5.41, 5.74) is 2.09. The molecule has 0 saturated heterocycles. The number of pyridine rings is 1. The van der Waals surface area contributed by atoms with E-state index in [1.54, 1.807) is 12.1 Å². The fourth-order valence-corrected chi connectivity index (χ4v) is 2.35. The van der Waals surface area contributed by atoms with E-state index in [0.29, 0.717) is 5.92 Å². The molecule has 17 heavy (non-hydrogen) atoms. The second-order valence-electron chi connectivity index (χ2n) is 4.75. The van der Waals surface area contributed by atoms with Crippen molar-refractivity contribution in [2.24, 2.45) is 5.92 Å². The number of hydrogen-bond donors (Lipinski definition) is 1. The molecule has 1 aromatic heterocycles. The van der Waals surface area contributed by atoms with Crippen molar-refractivity contribution < 1.29 is 5.11 Å². The molecule has 0 bridgehead atoms. The van der Waals surface area contributed by atoms with Crippen LogP contribution in [0.4, 0.5) is 0 Å². The molecular formula is C14H23NO2. The van der Waals surface area contributed by atoms with Crippen LogP contribution >= 0.6 is 0 Å². The van der Waals surface area contributed by atoms with Crippen molar-refractivity contribution in [2.45, 2.75) is 46.6 Å². The monoisotopic (exact) mass is 237 g/mol. The maximum Gasteiger partial charge on any atom is 0.182 e. The number of hydrogen-bond acceptors (Lipinski definition) is 2. The summed E-state index contributed by atoms with van der Waals surface area (Å²) < 4.78 is 2.18. The van der Waals surface area contributed by atoms with E-state index in [1.165, 1.54) is 0 Å². The van der Waals surface area contributed by atoms with E-state index < -0.39 is 0 Å². The fraction of sp³-hybridized carbons (Fsp3) is 0.643. The molecule has 0 fully saturated rings. The van der Waals surface area contributed by atoms with Crippen molar-refractivity contribution in [2.75, 3.05) is 6.61 Å². The van der Waals surface area contributed by atoms with Crippen molar-refractivity contribution in [3.05, 3.63) is 33.7 Å². The van der Waals surface area contributed by atoms with Crippen LogP contribution in [0.5, 0.6) is 0 Å². The molecule has 1 N–H and O–H groups in total. The van der Waals surface area contributed by atoms with Crippen LogP contribution in [0.1, 0.15) is 37.6 Å². The molecule has 1 heterocycles. The largest absolute Gasteiger partial charge is 0.396 e. The van der Waals surface area contributed by atoms with Gasteiger partial charge in [-0.25, -0.2) is 0 Å². The highest BCUT2D eigenvalue weighted by Gasteiger charge is 2.10. The van der Waals surface area contributed by atoms with Crippen LogP contribution in [0.3, 0.4) is 0 Å². The van der Waals surface area contributed by atoms with Gasteiger partial charge in [0, 0.05) is 36.7 Å². The van der Waals surface area contributed by atoms with E-state index in [0.717, 1.165) is 37.2 Å². The Bertz CT molecular complexity index is 377. The predicted molar refractivity (Wildman–Crippen MR) is 70.3 cm³/mol. The van der Waals surface area contributed by atoms with Gasteiger partial charge < -0.3 is 9.67 Å². The third-order valence-corrected chi connectivity index (χ3v) is 3.23. The number of aromatic nitrogens is 1. The molecule has 0 saturated carbocycles. The number of aliphatic hydroxyl groups excluding tert-OH is 1. The Morgan fingerprint density at radius 2 is 1.82 bits per heavy atom. The molecule has 0 aliphatic carbocycles. The highest BCUT2D eigenvalue weighted by atomic mass is 16.3. The van der Waals surface area contributed by atoms with Gasteiger partial charge in [0.1, 0.15) is 0 Å². The summed E-state index contributed by atoms with van der Waals surface area (Å²) in [7, 11) is 0. The van der Waals surface area contributed by atoms with Gasteiger partial charge in [-0.1, -0.05) is 13.3 Å². The van der Waals surface area contributed by atoms with E-state index in [-0.39, 0.29) is 12.0 Å². The Kier molecular flexibility index (Phi) is 5.42. The minimum Gasteiger partial charge on any atom is -0.396 e. The molecule has 3 nitrogen and oxygen atoms in total. The lowest BCUT2D eigenvalue weighted by Gasteiger charge is -2.21. The molecule has 96 valence electrons. The molecule has 0 amide bonds. The van der Waals surface area contributed by atoms with Gasteiger partial charge in [-0.15, -0.1) is 0 Å². The number of aryl methyl sites for hydroxylation is 2. The van der Waals surface area contributed by atoms with Crippen LogP contribution in [0.15, 0.2) is 16.9 Å². The Labute approximate surface area is 103 Å². The van der Waals surface area contributed by atoms with E-state index in [4.69, 9.17) is 5.11 Å². The Hall–Kier alpha value is -1.09. The Morgan fingerprint density at radius 1 is 1.24 bits per heavy atom. The first kappa shape index (κ1) is 14.0. The molecule has 0 aliphatic heterocycles. The summed E-state index contributed by atoms with van der Waals surface area (Å²) in [6.45, 7) is 7.23. The van der Waals surface area contributed by atoms with Crippen molar-refractivity contribution >= 4 is 0 Å². The summed E-state index contributed by atoms with van der Waals surface area (Å²) in [6.07, 6.45) is 3.08. The Balaban J connectivity index is 2.88. The zero-order chi connectivity index (χ0) is 12.8. The predicted octanol–water partition coefficient (Wildman–Crippen LogP) is 2.26. The van der Waals surface area contributed by atoms with Crippen molar-refractivity contribution in [3.63, 3.8) is 0 Å². The van der Waals surface area contributed by atoms with Gasteiger partial charge in [0.05, 0.1) is 0 Å². The zero-order valence-electron chi connectivity index (χ0n) is 11.1. The van der Waals surface area contributed by atoms with E-state index in [9.17, 15) is 4.79 Å². The lowest BCUT2D eigenvalue weighted by atomic mass is 9.99. The Morgan fingerprint density at radius 3 is 2.29 bits per heavy atom. The summed E-state index contributed by atoms with van der Waals surface area (Å²) in [6, 6.07) is 3.35. The standard InChI is InChI=1S/C14H23NO2/c1-4-5-13(6-7-16)10-15-11(2)8-14(17)9-12(15)3/h8-9,13,16H,4-7,10H2,1-3H3. The minimum atomic E-state index is 0.0745. The molecule has 0 radical (unpaired) electrons. The fourth-order valence-electron chi connectivity index (χ4n) is 2.35. The topological polar surface area (TPSA) is 42.2 Å². The van der Waals surface area contributed by atoms with Crippen molar-refractivity contribution in [3.8, 4) is 0 Å². The lowest BCUT2D eigenvalue weighted by molar-refractivity contribution is 0.238. The number of aliphatic hydroxyl groups is 1. The van der Waals surface area contributed by atoms with Crippen LogP contribution in [0.2, 0.25) is 0 Å². The second-order valence-corrected chi connectivity index (χ2v) is 4.75. The van der Waals surface area contributed by atoms with Gasteiger partial charge >= 0.3 is 0 Å². The molecule has 0 aromatic carbocycles. The summed E-state index contributed by atoms with van der Waals surface area (Å²) >= 11 is 0. The average molecular weight is 237 g/mol. The molecule has 0 aliphatic rings. The minimum absolute atomic E-state index is 0.0745. The molecule has 1 atom stereocenters. The first-order valence-electron chi connectivity index (χ1n) is 6.37. The van der Waals surface area contributed by atoms with Gasteiger partial charge in [-0.3, -0.25) is 4.79 Å².